The molecule has 1 aromatic rings. The van der Waals surface area contributed by atoms with Gasteiger partial charge in [-0.25, -0.2) is 0 Å². The van der Waals surface area contributed by atoms with E-state index in [9.17, 15) is 9.90 Å². The van der Waals surface area contributed by atoms with Gasteiger partial charge >= 0.3 is 5.97 Å². The van der Waals surface area contributed by atoms with Gasteiger partial charge < -0.3 is 14.9 Å². The molecular formula is C12H13NO4. The number of carboxylic acid groups (broad SMARTS) is 1. The van der Waals surface area contributed by atoms with Gasteiger partial charge in [0, 0.05) is 12.5 Å². The molecule has 0 aromatic heterocycles. The summed E-state index contributed by atoms with van der Waals surface area (Å²) in [4.78, 5) is 10.4. The average molecular weight is 235 g/mol. The fourth-order valence-electron chi connectivity index (χ4n) is 1.50. The van der Waals surface area contributed by atoms with E-state index >= 15 is 0 Å². The number of phenols is 1. The summed E-state index contributed by atoms with van der Waals surface area (Å²) in [6.45, 7) is 0. The van der Waals surface area contributed by atoms with Gasteiger partial charge in [-0.15, -0.1) is 0 Å². The van der Waals surface area contributed by atoms with Crippen molar-refractivity contribution in [3.8, 4) is 17.6 Å². The summed E-state index contributed by atoms with van der Waals surface area (Å²) in [6, 6.07) is 4.85. The number of aryl methyl sites for hydroxylation is 1. The molecule has 0 aliphatic carbocycles. The maximum Gasteiger partial charge on any atom is 0.303 e. The van der Waals surface area contributed by atoms with Crippen LogP contribution in [0.1, 0.15) is 24.0 Å². The number of nitriles is 1. The molecule has 90 valence electrons. The third-order valence-corrected chi connectivity index (χ3v) is 2.36. The zero-order chi connectivity index (χ0) is 12.8. The summed E-state index contributed by atoms with van der Waals surface area (Å²) < 4.78 is 4.94. The van der Waals surface area contributed by atoms with Gasteiger partial charge in [-0.1, -0.05) is 0 Å². The maximum atomic E-state index is 10.4. The van der Waals surface area contributed by atoms with Crippen molar-refractivity contribution in [1.82, 2.24) is 0 Å². The Morgan fingerprint density at radius 1 is 1.53 bits per heavy atom. The molecule has 0 unspecified atom stereocenters. The highest BCUT2D eigenvalue weighted by atomic mass is 16.5. The molecule has 1 rings (SSSR count). The molecule has 0 fully saturated rings. The van der Waals surface area contributed by atoms with E-state index in [-0.39, 0.29) is 12.2 Å². The molecule has 0 aliphatic heterocycles. The molecule has 2 N–H and O–H groups in total. The van der Waals surface area contributed by atoms with E-state index in [2.05, 4.69) is 0 Å². The van der Waals surface area contributed by atoms with Gasteiger partial charge in [0.05, 0.1) is 12.7 Å². The second kappa shape index (κ2) is 5.75. The van der Waals surface area contributed by atoms with Crippen LogP contribution >= 0.6 is 0 Å². The Labute approximate surface area is 98.9 Å². The lowest BCUT2D eigenvalue weighted by Gasteiger charge is -2.08. The van der Waals surface area contributed by atoms with Gasteiger partial charge in [-0.05, 0) is 24.5 Å². The molecule has 5 heteroatoms. The predicted molar refractivity (Wildman–Crippen MR) is 59.9 cm³/mol. The Hall–Kier alpha value is -2.22. The van der Waals surface area contributed by atoms with Crippen molar-refractivity contribution in [2.24, 2.45) is 0 Å². The van der Waals surface area contributed by atoms with Crippen LogP contribution < -0.4 is 4.74 Å². The molecule has 0 aliphatic rings. The third-order valence-electron chi connectivity index (χ3n) is 2.36. The molecule has 0 spiro atoms. The fraction of sp³-hybridized carbons (Fsp3) is 0.333. The molecule has 0 atom stereocenters. The number of rotatable bonds is 5. The van der Waals surface area contributed by atoms with Gasteiger partial charge in [-0.3, -0.25) is 4.79 Å². The number of aromatic hydroxyl groups is 1. The van der Waals surface area contributed by atoms with Crippen molar-refractivity contribution in [3.05, 3.63) is 23.3 Å². The van der Waals surface area contributed by atoms with Crippen molar-refractivity contribution >= 4 is 5.97 Å². The molecule has 5 nitrogen and oxygen atoms in total. The first-order valence-electron chi connectivity index (χ1n) is 5.10. The van der Waals surface area contributed by atoms with E-state index in [1.165, 1.54) is 19.2 Å². The molecular weight excluding hydrogens is 222 g/mol. The van der Waals surface area contributed by atoms with Crippen LogP contribution in [0.2, 0.25) is 0 Å². The van der Waals surface area contributed by atoms with E-state index in [4.69, 9.17) is 15.1 Å². The predicted octanol–water partition coefficient (Wildman–Crippen LogP) is 1.68. The molecule has 17 heavy (non-hydrogen) atoms. The zero-order valence-electron chi connectivity index (χ0n) is 9.43. The Morgan fingerprint density at radius 2 is 2.24 bits per heavy atom. The standard InChI is InChI=1S/C12H13NO4/c1-17-11-6-10(14)8(5-9(11)7-13)3-2-4-12(15)16/h5-6,14H,2-4H2,1H3,(H,15,16). The Morgan fingerprint density at radius 3 is 2.76 bits per heavy atom. The highest BCUT2D eigenvalue weighted by Gasteiger charge is 2.10. The topological polar surface area (TPSA) is 90.6 Å². The quantitative estimate of drug-likeness (QED) is 0.810. The molecule has 0 saturated carbocycles. The number of nitrogens with zero attached hydrogens (tertiary/aromatic N) is 1. The minimum absolute atomic E-state index is 0.0197. The SMILES string of the molecule is COc1cc(O)c(CCCC(=O)O)cc1C#N. The van der Waals surface area contributed by atoms with E-state index in [0.717, 1.165) is 0 Å². The van der Waals surface area contributed by atoms with Gasteiger partial charge in [0.1, 0.15) is 17.6 Å². The first kappa shape index (κ1) is 12.8. The summed E-state index contributed by atoms with van der Waals surface area (Å²) in [5, 5.41) is 27.1. The van der Waals surface area contributed by atoms with E-state index < -0.39 is 5.97 Å². The monoisotopic (exact) mass is 235 g/mol. The van der Waals surface area contributed by atoms with E-state index in [1.807, 2.05) is 6.07 Å². The number of hydrogen-bond acceptors (Lipinski definition) is 4. The second-order valence-electron chi connectivity index (χ2n) is 3.54. The Bertz CT molecular complexity index is 462. The number of carboxylic acids is 1. The number of methoxy groups -OCH3 is 1. The minimum atomic E-state index is -0.876. The summed E-state index contributed by atoms with van der Waals surface area (Å²) in [5.41, 5.74) is 0.888. The van der Waals surface area contributed by atoms with Crippen LogP contribution in [-0.2, 0) is 11.2 Å². The number of benzene rings is 1. The lowest BCUT2D eigenvalue weighted by atomic mass is 10.0. The molecule has 0 bridgehead atoms. The highest BCUT2D eigenvalue weighted by molar-refractivity contribution is 5.66. The molecule has 0 amide bonds. The van der Waals surface area contributed by atoms with Crippen LogP contribution in [0.3, 0.4) is 0 Å². The minimum Gasteiger partial charge on any atom is -0.508 e. The van der Waals surface area contributed by atoms with Gasteiger partial charge in [0.25, 0.3) is 0 Å². The van der Waals surface area contributed by atoms with Gasteiger partial charge in [-0.2, -0.15) is 5.26 Å². The highest BCUT2D eigenvalue weighted by Crippen LogP contribution is 2.28. The Balaban J connectivity index is 2.86. The largest absolute Gasteiger partial charge is 0.508 e. The van der Waals surface area contributed by atoms with Gasteiger partial charge in [0.15, 0.2) is 0 Å². The molecule has 0 radical (unpaired) electrons. The van der Waals surface area contributed by atoms with Crippen LogP contribution in [0.5, 0.6) is 11.5 Å². The normalized spacial score (nSPS) is 9.65. The number of phenolic OH excluding ortho intramolecular Hbond substituents is 1. The second-order valence-corrected chi connectivity index (χ2v) is 3.54. The van der Waals surface area contributed by atoms with Crippen LogP contribution in [0.25, 0.3) is 0 Å². The lowest BCUT2D eigenvalue weighted by Crippen LogP contribution is -1.97. The first-order chi connectivity index (χ1) is 8.08. The lowest BCUT2D eigenvalue weighted by molar-refractivity contribution is -0.137. The van der Waals surface area contributed by atoms with E-state index in [1.54, 1.807) is 0 Å². The summed E-state index contributed by atoms with van der Waals surface area (Å²) in [7, 11) is 1.42. The molecule has 0 heterocycles. The van der Waals surface area contributed by atoms with Gasteiger partial charge in [0.2, 0.25) is 0 Å². The van der Waals surface area contributed by atoms with Crippen molar-refractivity contribution in [3.63, 3.8) is 0 Å². The van der Waals surface area contributed by atoms with Crippen molar-refractivity contribution in [1.29, 1.82) is 5.26 Å². The summed E-state index contributed by atoms with van der Waals surface area (Å²) >= 11 is 0. The number of aliphatic carboxylic acids is 1. The molecule has 0 saturated heterocycles. The van der Waals surface area contributed by atoms with Crippen LogP contribution in [0.15, 0.2) is 12.1 Å². The first-order valence-corrected chi connectivity index (χ1v) is 5.10. The number of carbonyl (C=O) groups is 1. The van der Waals surface area contributed by atoms with Crippen LogP contribution in [0.4, 0.5) is 0 Å². The van der Waals surface area contributed by atoms with Crippen molar-refractivity contribution < 1.29 is 19.7 Å². The van der Waals surface area contributed by atoms with Crippen molar-refractivity contribution in [2.75, 3.05) is 7.11 Å². The molecule has 1 aromatic carbocycles. The maximum absolute atomic E-state index is 10.4. The van der Waals surface area contributed by atoms with Crippen molar-refractivity contribution in [2.45, 2.75) is 19.3 Å². The smallest absolute Gasteiger partial charge is 0.303 e. The summed E-state index contributed by atoms with van der Waals surface area (Å²) in [6.07, 6.45) is 0.865. The third kappa shape index (κ3) is 3.38. The van der Waals surface area contributed by atoms with Crippen LogP contribution in [-0.4, -0.2) is 23.3 Å². The summed E-state index contributed by atoms with van der Waals surface area (Å²) in [5.74, 6) is -0.545. The fourth-order valence-corrected chi connectivity index (χ4v) is 1.50. The average Bonchev–Trinajstić information content (AvgIpc) is 2.30. The Kier molecular flexibility index (Phi) is 4.35. The zero-order valence-corrected chi connectivity index (χ0v) is 9.43. The van der Waals surface area contributed by atoms with Crippen LogP contribution in [0, 0.1) is 11.3 Å². The number of ether oxygens (including phenoxy) is 1. The van der Waals surface area contributed by atoms with E-state index in [0.29, 0.717) is 29.7 Å². The number of hydrogen-bond donors (Lipinski definition) is 2.